The average Bonchev–Trinajstić information content (AvgIpc) is 2.99. The molecule has 8 heteroatoms. The van der Waals surface area contributed by atoms with Crippen molar-refractivity contribution < 1.29 is 39.8 Å². The van der Waals surface area contributed by atoms with Crippen LogP contribution in [0.4, 0.5) is 0 Å². The van der Waals surface area contributed by atoms with Crippen molar-refractivity contribution in [3.63, 3.8) is 0 Å². The third-order valence-corrected chi connectivity index (χ3v) is 9.64. The molecule has 6 nitrogen and oxygen atoms in total. The van der Waals surface area contributed by atoms with Crippen molar-refractivity contribution in [2.24, 2.45) is 0 Å². The van der Waals surface area contributed by atoms with Crippen molar-refractivity contribution in [2.45, 2.75) is 109 Å². The molecule has 224 valence electrons. The minimum Gasteiger partial charge on any atom is -1.00 e. The molecular formula is C34H47LiN2O4S. The maximum Gasteiger partial charge on any atom is 1.00 e. The maximum atomic E-state index is 14.3. The summed E-state index contributed by atoms with van der Waals surface area (Å²) in [7, 11) is 0. The van der Waals surface area contributed by atoms with E-state index in [0.717, 1.165) is 47.9 Å². The fraction of sp³-hybridized carbons (Fsp3) is 0.559. The molecule has 2 aliphatic carbocycles. The van der Waals surface area contributed by atoms with Crippen molar-refractivity contribution in [3.05, 3.63) is 59.2 Å². The van der Waals surface area contributed by atoms with Crippen LogP contribution in [0.2, 0.25) is 0 Å². The molecule has 2 unspecified atom stereocenters. The molecule has 0 aliphatic heterocycles. The Labute approximate surface area is 269 Å². The van der Waals surface area contributed by atoms with Crippen LogP contribution in [0.25, 0.3) is 11.1 Å². The van der Waals surface area contributed by atoms with E-state index < -0.39 is 17.9 Å². The molecule has 4 rings (SSSR count). The number of carboxylic acids is 1. The van der Waals surface area contributed by atoms with Crippen LogP contribution in [0.5, 0.6) is 0 Å². The molecule has 2 aliphatic rings. The first-order valence-corrected chi connectivity index (χ1v) is 16.8. The Balaban J connectivity index is 0.00000323. The van der Waals surface area contributed by atoms with Crippen LogP contribution in [0.1, 0.15) is 106 Å². The van der Waals surface area contributed by atoms with E-state index in [0.29, 0.717) is 29.8 Å². The van der Waals surface area contributed by atoms with Crippen molar-refractivity contribution in [3.8, 4) is 11.1 Å². The van der Waals surface area contributed by atoms with E-state index in [9.17, 15) is 19.5 Å². The summed E-state index contributed by atoms with van der Waals surface area (Å²) in [5.41, 5.74) is 3.97. The number of aryl methyl sites for hydroxylation is 1. The normalized spacial score (nSPS) is 17.5. The summed E-state index contributed by atoms with van der Waals surface area (Å²) >= 11 is 1.55. The fourth-order valence-electron chi connectivity index (χ4n) is 6.60. The Morgan fingerprint density at radius 3 is 2.10 bits per heavy atom. The number of hydrogen-bond acceptors (Lipinski definition) is 4. The Morgan fingerprint density at radius 1 is 0.952 bits per heavy atom. The first-order valence-electron chi connectivity index (χ1n) is 15.4. The van der Waals surface area contributed by atoms with Crippen molar-refractivity contribution >= 4 is 29.5 Å². The van der Waals surface area contributed by atoms with Crippen molar-refractivity contribution in [1.29, 1.82) is 0 Å². The molecule has 0 bridgehead atoms. The second kappa shape index (κ2) is 16.6. The minimum absolute atomic E-state index is 0. The molecule has 2 atom stereocenters. The zero-order chi connectivity index (χ0) is 29.4. The summed E-state index contributed by atoms with van der Waals surface area (Å²) in [6.45, 7) is 4.01. The number of carbonyl (C=O) groups is 3. The van der Waals surface area contributed by atoms with Crippen LogP contribution in [-0.4, -0.2) is 57.9 Å². The van der Waals surface area contributed by atoms with Crippen LogP contribution in [0, 0.1) is 6.92 Å². The zero-order valence-electron chi connectivity index (χ0n) is 26.9. The maximum absolute atomic E-state index is 14.3. The Kier molecular flexibility index (Phi) is 13.5. The predicted molar refractivity (Wildman–Crippen MR) is 169 cm³/mol. The number of amides is 2. The van der Waals surface area contributed by atoms with Crippen LogP contribution in [-0.2, 0) is 9.59 Å². The van der Waals surface area contributed by atoms with Gasteiger partial charge >= 0.3 is 24.8 Å². The number of nitrogens with one attached hydrogen (secondary N) is 1. The number of rotatable bonds is 11. The van der Waals surface area contributed by atoms with Gasteiger partial charge in [0.1, 0.15) is 6.04 Å². The van der Waals surface area contributed by atoms with Crippen LogP contribution >= 0.6 is 11.8 Å². The molecule has 2 fully saturated rings. The van der Waals surface area contributed by atoms with E-state index >= 15 is 0 Å². The molecule has 42 heavy (non-hydrogen) atoms. The quantitative estimate of drug-likeness (QED) is 0.384. The van der Waals surface area contributed by atoms with Crippen LogP contribution in [0.3, 0.4) is 0 Å². The fourth-order valence-corrected chi connectivity index (χ4v) is 7.07. The molecular weight excluding hydrogens is 539 g/mol. The summed E-state index contributed by atoms with van der Waals surface area (Å²) in [5, 5.41) is 12.5. The molecule has 2 saturated carbocycles. The van der Waals surface area contributed by atoms with E-state index in [1.807, 2.05) is 56.5 Å². The van der Waals surface area contributed by atoms with E-state index in [2.05, 4.69) is 10.2 Å². The summed E-state index contributed by atoms with van der Waals surface area (Å²) in [5.74, 6) is -0.954. The first kappa shape index (κ1) is 34.3. The summed E-state index contributed by atoms with van der Waals surface area (Å²) in [6.07, 6.45) is 13.9. The molecule has 2 amide bonds. The van der Waals surface area contributed by atoms with Crippen molar-refractivity contribution in [2.75, 3.05) is 12.0 Å². The van der Waals surface area contributed by atoms with Gasteiger partial charge in [0.25, 0.3) is 5.91 Å². The zero-order valence-corrected chi connectivity index (χ0v) is 26.7. The molecule has 2 aromatic carbocycles. The monoisotopic (exact) mass is 586 g/mol. The Morgan fingerprint density at radius 2 is 1.55 bits per heavy atom. The number of carboxylic acid groups (broad SMARTS) is 1. The molecule has 0 spiro atoms. The second-order valence-electron chi connectivity index (χ2n) is 11.8. The van der Waals surface area contributed by atoms with Gasteiger partial charge in [0.05, 0.1) is 5.92 Å². The van der Waals surface area contributed by atoms with Gasteiger partial charge in [-0.05, 0) is 92.3 Å². The van der Waals surface area contributed by atoms with E-state index in [4.69, 9.17) is 0 Å². The number of aliphatic carboxylic acids is 1. The number of hydrogen-bond donors (Lipinski definition) is 2. The van der Waals surface area contributed by atoms with Gasteiger partial charge in [-0.15, -0.1) is 0 Å². The van der Waals surface area contributed by atoms with Crippen molar-refractivity contribution in [1.82, 2.24) is 10.2 Å². The van der Waals surface area contributed by atoms with Gasteiger partial charge in [0, 0.05) is 17.6 Å². The number of nitrogens with zero attached hydrogens (tertiary/aromatic N) is 1. The number of benzene rings is 2. The number of thioether (sulfide) groups is 1. The molecule has 0 heterocycles. The van der Waals surface area contributed by atoms with Gasteiger partial charge in [-0.2, -0.15) is 11.8 Å². The average molecular weight is 587 g/mol. The second-order valence-corrected chi connectivity index (χ2v) is 12.8. The van der Waals surface area contributed by atoms with Gasteiger partial charge in [0.15, 0.2) is 0 Å². The topological polar surface area (TPSA) is 86.7 Å². The summed E-state index contributed by atoms with van der Waals surface area (Å²) in [4.78, 5) is 41.9. The van der Waals surface area contributed by atoms with E-state index in [-0.39, 0.29) is 32.1 Å². The standard InChI is InChI=1S/C34H46N2O4S.Li.H/c1-23-12-10-11-17-28(23)30-22-25(18-19-29(30)32(37)35-31(34(39)40)20-21-41-3)24(2)33(38)36(26-13-6-4-7-14-26)27-15-8-5-9-16-27;;/h10-12,17-19,22,24,26-27,31H,4-9,13-16,20-21H2,1-3H3,(H,35,37)(H,39,40);;/q;+1;-1. The summed E-state index contributed by atoms with van der Waals surface area (Å²) < 4.78 is 0. The van der Waals surface area contributed by atoms with E-state index in [1.54, 1.807) is 17.8 Å². The predicted octanol–water partition coefficient (Wildman–Crippen LogP) is 4.31. The molecule has 0 aromatic heterocycles. The molecule has 2 N–H and O–H groups in total. The molecule has 0 saturated heterocycles. The summed E-state index contributed by atoms with van der Waals surface area (Å²) in [6, 6.07) is 13.2. The molecule has 2 aromatic rings. The smallest absolute Gasteiger partial charge is 1.00 e. The van der Waals surface area contributed by atoms with Crippen LogP contribution in [0.15, 0.2) is 42.5 Å². The van der Waals surface area contributed by atoms with Crippen LogP contribution < -0.4 is 24.2 Å². The Hall–Kier alpha value is -2.20. The third kappa shape index (κ3) is 8.46. The van der Waals surface area contributed by atoms with Gasteiger partial charge in [-0.25, -0.2) is 4.79 Å². The van der Waals surface area contributed by atoms with Gasteiger partial charge in [0.2, 0.25) is 5.91 Å². The van der Waals surface area contributed by atoms with E-state index in [1.165, 1.54) is 38.5 Å². The minimum atomic E-state index is -1.04. The Bertz CT molecular complexity index is 1200. The third-order valence-electron chi connectivity index (χ3n) is 9.00. The van der Waals surface area contributed by atoms with Gasteiger partial charge < -0.3 is 16.7 Å². The van der Waals surface area contributed by atoms with Gasteiger partial charge in [-0.3, -0.25) is 9.59 Å². The first-order chi connectivity index (χ1) is 19.8. The number of carbonyl (C=O) groups excluding carboxylic acids is 2. The van der Waals surface area contributed by atoms with Gasteiger partial charge in [-0.1, -0.05) is 68.9 Å². The molecule has 0 radical (unpaired) electrons. The SMILES string of the molecule is CSCCC(NC(=O)c1ccc(C(C)C(=O)N(C2CCCCC2)C2CCCCC2)cc1-c1ccccc1C)C(=O)O.[H-].[Li+]. The largest absolute Gasteiger partial charge is 1.00 e.